The molecule has 1 fully saturated rings. The fourth-order valence-corrected chi connectivity index (χ4v) is 2.02. The van der Waals surface area contributed by atoms with E-state index in [2.05, 4.69) is 10.2 Å². The summed E-state index contributed by atoms with van der Waals surface area (Å²) in [5.41, 5.74) is 4.99. The molecule has 114 valence electrons. The Morgan fingerprint density at radius 2 is 2.05 bits per heavy atom. The van der Waals surface area contributed by atoms with Gasteiger partial charge in [0.15, 0.2) is 0 Å². The molecule has 0 radical (unpaired) electrons. The van der Waals surface area contributed by atoms with Crippen LogP contribution in [0.2, 0.25) is 0 Å². The number of nitrogens with zero attached hydrogens (tertiary/aromatic N) is 2. The topological polar surface area (TPSA) is 116 Å². The molecule has 0 bridgehead atoms. The Balaban J connectivity index is 2.53. The molecular formula is C12H22N4O4. The molecular weight excluding hydrogens is 264 g/mol. The lowest BCUT2D eigenvalue weighted by Gasteiger charge is -2.38. The highest BCUT2D eigenvalue weighted by Gasteiger charge is 2.27. The van der Waals surface area contributed by atoms with E-state index in [9.17, 15) is 14.4 Å². The molecule has 0 saturated carbocycles. The van der Waals surface area contributed by atoms with E-state index < -0.39 is 23.9 Å². The largest absolute Gasteiger partial charge is 0.480 e. The van der Waals surface area contributed by atoms with Gasteiger partial charge in [0.1, 0.15) is 6.04 Å². The minimum absolute atomic E-state index is 0.000295. The standard InChI is InChI=1S/C12H22N4O4/c1-8-7-16(6-5-15(8)2)12(20)14-9(11(18)19)3-4-10(13)17/h8-9H,3-7H2,1-2H3,(H2,13,17)(H,14,20)(H,18,19)/t8?,9-/m1/s1. The molecule has 1 unspecified atom stereocenters. The summed E-state index contributed by atoms with van der Waals surface area (Å²) < 4.78 is 0. The maximum Gasteiger partial charge on any atom is 0.326 e. The molecule has 2 atom stereocenters. The Morgan fingerprint density at radius 3 is 2.55 bits per heavy atom. The van der Waals surface area contributed by atoms with Crippen LogP contribution in [0.1, 0.15) is 19.8 Å². The van der Waals surface area contributed by atoms with Crippen LogP contribution in [-0.2, 0) is 9.59 Å². The number of primary amides is 1. The van der Waals surface area contributed by atoms with E-state index in [4.69, 9.17) is 10.8 Å². The van der Waals surface area contributed by atoms with Crippen molar-refractivity contribution < 1.29 is 19.5 Å². The fraction of sp³-hybridized carbons (Fsp3) is 0.750. The van der Waals surface area contributed by atoms with Gasteiger partial charge in [-0.1, -0.05) is 0 Å². The second-order valence-corrected chi connectivity index (χ2v) is 5.12. The average Bonchev–Trinajstić information content (AvgIpc) is 2.36. The van der Waals surface area contributed by atoms with Crippen LogP contribution in [0.15, 0.2) is 0 Å². The van der Waals surface area contributed by atoms with Gasteiger partial charge in [-0.3, -0.25) is 4.79 Å². The number of hydrogen-bond donors (Lipinski definition) is 3. The SMILES string of the molecule is CC1CN(C(=O)N[C@H](CCC(N)=O)C(=O)O)CCN1C. The maximum absolute atomic E-state index is 12.0. The van der Waals surface area contributed by atoms with Crippen molar-refractivity contribution in [2.45, 2.75) is 31.8 Å². The summed E-state index contributed by atoms with van der Waals surface area (Å²) in [4.78, 5) is 37.5. The maximum atomic E-state index is 12.0. The van der Waals surface area contributed by atoms with Gasteiger partial charge in [-0.05, 0) is 20.4 Å². The zero-order valence-corrected chi connectivity index (χ0v) is 11.8. The molecule has 0 aromatic heterocycles. The number of carbonyl (C=O) groups is 3. The van der Waals surface area contributed by atoms with Crippen LogP contribution in [0.4, 0.5) is 4.79 Å². The molecule has 1 aliphatic heterocycles. The number of rotatable bonds is 5. The Hall–Kier alpha value is -1.83. The zero-order chi connectivity index (χ0) is 15.3. The Kier molecular flexibility index (Phi) is 5.75. The van der Waals surface area contributed by atoms with Crippen molar-refractivity contribution in [2.24, 2.45) is 5.73 Å². The highest BCUT2D eigenvalue weighted by molar-refractivity contribution is 5.83. The van der Waals surface area contributed by atoms with E-state index in [0.717, 1.165) is 6.54 Å². The van der Waals surface area contributed by atoms with Gasteiger partial charge in [-0.2, -0.15) is 0 Å². The first-order chi connectivity index (χ1) is 9.31. The zero-order valence-electron chi connectivity index (χ0n) is 11.8. The first kappa shape index (κ1) is 16.2. The normalized spacial score (nSPS) is 21.3. The highest BCUT2D eigenvalue weighted by Crippen LogP contribution is 2.08. The predicted octanol–water partition coefficient (Wildman–Crippen LogP) is -0.949. The van der Waals surface area contributed by atoms with Gasteiger partial charge in [0.05, 0.1) is 0 Å². The molecule has 0 aromatic rings. The van der Waals surface area contributed by atoms with Gasteiger partial charge in [-0.25, -0.2) is 9.59 Å². The third kappa shape index (κ3) is 4.69. The lowest BCUT2D eigenvalue weighted by Crippen LogP contribution is -2.56. The van der Waals surface area contributed by atoms with E-state index in [1.807, 2.05) is 14.0 Å². The molecule has 0 aromatic carbocycles. The molecule has 4 N–H and O–H groups in total. The van der Waals surface area contributed by atoms with Crippen molar-refractivity contribution in [3.63, 3.8) is 0 Å². The van der Waals surface area contributed by atoms with Crippen molar-refractivity contribution in [1.82, 2.24) is 15.1 Å². The Labute approximate surface area is 117 Å². The molecule has 1 heterocycles. The van der Waals surface area contributed by atoms with E-state index in [1.165, 1.54) is 0 Å². The van der Waals surface area contributed by atoms with Gasteiger partial charge >= 0.3 is 12.0 Å². The Bertz CT molecular complexity index is 388. The van der Waals surface area contributed by atoms with E-state index in [0.29, 0.717) is 13.1 Å². The predicted molar refractivity (Wildman–Crippen MR) is 72.0 cm³/mol. The number of carboxylic acid groups (broad SMARTS) is 1. The number of hydrogen-bond acceptors (Lipinski definition) is 4. The highest BCUT2D eigenvalue weighted by atomic mass is 16.4. The van der Waals surface area contributed by atoms with E-state index >= 15 is 0 Å². The number of nitrogens with two attached hydrogens (primary N) is 1. The molecule has 1 rings (SSSR count). The van der Waals surface area contributed by atoms with E-state index in [1.54, 1.807) is 4.90 Å². The van der Waals surface area contributed by atoms with Crippen LogP contribution in [-0.4, -0.2) is 71.6 Å². The van der Waals surface area contributed by atoms with Crippen LogP contribution in [0.25, 0.3) is 0 Å². The minimum Gasteiger partial charge on any atom is -0.480 e. The van der Waals surface area contributed by atoms with Crippen molar-refractivity contribution >= 4 is 17.9 Å². The number of piperazine rings is 1. The molecule has 20 heavy (non-hydrogen) atoms. The Morgan fingerprint density at radius 1 is 1.40 bits per heavy atom. The molecule has 3 amide bonds. The summed E-state index contributed by atoms with van der Waals surface area (Å²) in [6.45, 7) is 3.84. The van der Waals surface area contributed by atoms with Gasteiger partial charge in [0.2, 0.25) is 5.91 Å². The van der Waals surface area contributed by atoms with Crippen molar-refractivity contribution in [1.29, 1.82) is 0 Å². The number of aliphatic carboxylic acids is 1. The number of likely N-dealkylation sites (N-methyl/N-ethyl adjacent to an activating group) is 1. The number of urea groups is 1. The van der Waals surface area contributed by atoms with Gasteiger partial charge in [0.25, 0.3) is 0 Å². The van der Waals surface area contributed by atoms with Gasteiger partial charge in [0, 0.05) is 32.1 Å². The summed E-state index contributed by atoms with van der Waals surface area (Å²) in [5, 5.41) is 11.5. The summed E-state index contributed by atoms with van der Waals surface area (Å²) in [6, 6.07) is -1.28. The van der Waals surface area contributed by atoms with Crippen molar-refractivity contribution in [3.05, 3.63) is 0 Å². The molecule has 0 aliphatic carbocycles. The van der Waals surface area contributed by atoms with Gasteiger partial charge in [-0.15, -0.1) is 0 Å². The first-order valence-corrected chi connectivity index (χ1v) is 6.58. The van der Waals surface area contributed by atoms with Crippen LogP contribution >= 0.6 is 0 Å². The molecule has 8 nitrogen and oxygen atoms in total. The number of amides is 3. The number of nitrogens with one attached hydrogen (secondary N) is 1. The molecule has 1 aliphatic rings. The van der Waals surface area contributed by atoms with Crippen LogP contribution < -0.4 is 11.1 Å². The summed E-state index contributed by atoms with van der Waals surface area (Å²) >= 11 is 0. The molecule has 0 spiro atoms. The van der Waals surface area contributed by atoms with Crippen LogP contribution in [0.3, 0.4) is 0 Å². The number of carboxylic acids is 1. The molecule has 8 heteroatoms. The lowest BCUT2D eigenvalue weighted by atomic mass is 10.1. The third-order valence-corrected chi connectivity index (χ3v) is 3.52. The van der Waals surface area contributed by atoms with Crippen molar-refractivity contribution in [2.75, 3.05) is 26.7 Å². The quantitative estimate of drug-likeness (QED) is 0.602. The average molecular weight is 286 g/mol. The number of carbonyl (C=O) groups excluding carboxylic acids is 2. The summed E-state index contributed by atoms with van der Waals surface area (Å²) in [6.07, 6.45) is -0.0733. The molecule has 1 saturated heterocycles. The van der Waals surface area contributed by atoms with Crippen LogP contribution in [0, 0.1) is 0 Å². The smallest absolute Gasteiger partial charge is 0.326 e. The fourth-order valence-electron chi connectivity index (χ4n) is 2.02. The monoisotopic (exact) mass is 286 g/mol. The lowest BCUT2D eigenvalue weighted by molar-refractivity contribution is -0.139. The summed E-state index contributed by atoms with van der Waals surface area (Å²) in [5.74, 6) is -1.75. The third-order valence-electron chi connectivity index (χ3n) is 3.52. The summed E-state index contributed by atoms with van der Waals surface area (Å²) in [7, 11) is 1.98. The van der Waals surface area contributed by atoms with Crippen LogP contribution in [0.5, 0.6) is 0 Å². The minimum atomic E-state index is -1.17. The van der Waals surface area contributed by atoms with Crippen molar-refractivity contribution in [3.8, 4) is 0 Å². The first-order valence-electron chi connectivity index (χ1n) is 6.58. The van der Waals surface area contributed by atoms with E-state index in [-0.39, 0.29) is 18.9 Å². The second kappa shape index (κ2) is 7.09. The second-order valence-electron chi connectivity index (χ2n) is 5.12. The van der Waals surface area contributed by atoms with Gasteiger partial charge < -0.3 is 26.0 Å².